The van der Waals surface area contributed by atoms with Crippen LogP contribution in [0.25, 0.3) is 22.2 Å². The van der Waals surface area contributed by atoms with Crippen LogP contribution in [0.5, 0.6) is 0 Å². The van der Waals surface area contributed by atoms with Gasteiger partial charge in [0.25, 0.3) is 0 Å². The Hall–Kier alpha value is -3.67. The average Bonchev–Trinajstić information content (AvgIpc) is 3.14. The van der Waals surface area contributed by atoms with E-state index in [1.54, 1.807) is 19.5 Å². The van der Waals surface area contributed by atoms with Crippen LogP contribution < -0.4 is 22.1 Å². The Morgan fingerprint density at radius 2 is 2.07 bits per heavy atom. The molecule has 0 saturated carbocycles. The van der Waals surface area contributed by atoms with E-state index in [0.717, 1.165) is 52.3 Å². The van der Waals surface area contributed by atoms with Crippen molar-refractivity contribution in [2.24, 2.45) is 16.5 Å². The molecule has 1 atom stereocenters. The van der Waals surface area contributed by atoms with Crippen molar-refractivity contribution >= 4 is 34.1 Å². The molecule has 30 heavy (non-hydrogen) atoms. The van der Waals surface area contributed by atoms with Crippen LogP contribution in [0.1, 0.15) is 36.1 Å². The topological polar surface area (TPSA) is 104 Å². The fraction of sp³-hybridized carbons (Fsp3) is 0.208. The number of aromatic nitrogens is 1. The zero-order valence-corrected chi connectivity index (χ0v) is 17.4. The van der Waals surface area contributed by atoms with Crippen molar-refractivity contribution in [3.63, 3.8) is 0 Å². The molecule has 3 aromatic rings. The fourth-order valence-corrected chi connectivity index (χ4v) is 4.05. The molecule has 1 aliphatic rings. The van der Waals surface area contributed by atoms with Crippen molar-refractivity contribution in [2.45, 2.75) is 19.4 Å². The summed E-state index contributed by atoms with van der Waals surface area (Å²) in [7, 11) is 1.75. The van der Waals surface area contributed by atoms with Crippen LogP contribution in [0, 0.1) is 0 Å². The van der Waals surface area contributed by atoms with Gasteiger partial charge >= 0.3 is 0 Å². The van der Waals surface area contributed by atoms with Crippen LogP contribution in [0.4, 0.5) is 5.69 Å². The van der Waals surface area contributed by atoms with Gasteiger partial charge in [-0.2, -0.15) is 0 Å². The van der Waals surface area contributed by atoms with Crippen LogP contribution in [-0.4, -0.2) is 24.8 Å². The second-order valence-corrected chi connectivity index (χ2v) is 7.56. The Balaban J connectivity index is 1.79. The lowest BCUT2D eigenvalue weighted by molar-refractivity contribution is 0.683. The van der Waals surface area contributed by atoms with E-state index in [0.29, 0.717) is 0 Å². The predicted molar refractivity (Wildman–Crippen MR) is 127 cm³/mol. The molecule has 6 nitrogen and oxygen atoms in total. The summed E-state index contributed by atoms with van der Waals surface area (Å²) in [6.07, 6.45) is 6.26. The largest absolute Gasteiger partial charge is 0.404 e. The van der Waals surface area contributed by atoms with E-state index in [4.69, 9.17) is 11.5 Å². The second-order valence-electron chi connectivity index (χ2n) is 7.56. The molecule has 0 saturated heterocycles. The number of hydrogen-bond acceptors (Lipinski definition) is 5. The molecule has 2 aromatic carbocycles. The number of benzene rings is 2. The molecular weight excluding hydrogens is 372 g/mol. The van der Waals surface area contributed by atoms with Gasteiger partial charge in [0, 0.05) is 65.6 Å². The first-order valence-electron chi connectivity index (χ1n) is 10.1. The maximum absolute atomic E-state index is 6.21. The summed E-state index contributed by atoms with van der Waals surface area (Å²) in [5.41, 5.74) is 20.3. The van der Waals surface area contributed by atoms with E-state index in [2.05, 4.69) is 63.1 Å². The van der Waals surface area contributed by atoms with Gasteiger partial charge in [-0.25, -0.2) is 0 Å². The number of fused-ring (bicyclic) bond motifs is 2. The van der Waals surface area contributed by atoms with Gasteiger partial charge in [0.2, 0.25) is 0 Å². The van der Waals surface area contributed by atoms with Crippen LogP contribution in [0.3, 0.4) is 0 Å². The van der Waals surface area contributed by atoms with Gasteiger partial charge < -0.3 is 27.1 Å². The summed E-state index contributed by atoms with van der Waals surface area (Å²) in [6, 6.07) is 15.0. The number of H-pyrrole nitrogens is 1. The third kappa shape index (κ3) is 3.76. The zero-order valence-electron chi connectivity index (χ0n) is 17.4. The first kappa shape index (κ1) is 19.6. The van der Waals surface area contributed by atoms with Crippen LogP contribution >= 0.6 is 0 Å². The first-order valence-corrected chi connectivity index (χ1v) is 10.1. The molecular formula is C24H28N6. The summed E-state index contributed by atoms with van der Waals surface area (Å²) in [5.74, 6) is 0. The van der Waals surface area contributed by atoms with Gasteiger partial charge in [-0.05, 0) is 54.8 Å². The van der Waals surface area contributed by atoms with Crippen LogP contribution in [0.15, 0.2) is 65.6 Å². The molecule has 4 rings (SSSR count). The Morgan fingerprint density at radius 3 is 2.83 bits per heavy atom. The third-order valence-electron chi connectivity index (χ3n) is 5.50. The highest BCUT2D eigenvalue weighted by atomic mass is 15.0. The molecule has 2 heterocycles. The SMILES string of the molecule is CN=CC(=CN)c1ccc2c(c1)C(Nc1ccc3[nH]ccc3c1)CCN/C2=C(/C)N. The van der Waals surface area contributed by atoms with Gasteiger partial charge in [0.05, 0.1) is 11.7 Å². The van der Waals surface area contributed by atoms with Crippen LogP contribution in [0.2, 0.25) is 0 Å². The monoisotopic (exact) mass is 400 g/mol. The van der Waals surface area contributed by atoms with Gasteiger partial charge in [-0.15, -0.1) is 0 Å². The molecule has 154 valence electrons. The minimum atomic E-state index is 0.123. The summed E-state index contributed by atoms with van der Waals surface area (Å²) < 4.78 is 0. The number of hydrogen-bond donors (Lipinski definition) is 5. The van der Waals surface area contributed by atoms with Crippen molar-refractivity contribution in [3.8, 4) is 0 Å². The molecule has 0 spiro atoms. The zero-order chi connectivity index (χ0) is 21.1. The number of rotatable bonds is 4. The quantitative estimate of drug-likeness (QED) is 0.428. The summed E-state index contributed by atoms with van der Waals surface area (Å²) >= 11 is 0. The molecule has 0 bridgehead atoms. The first-order chi connectivity index (χ1) is 14.6. The molecule has 0 radical (unpaired) electrons. The Morgan fingerprint density at radius 1 is 1.20 bits per heavy atom. The summed E-state index contributed by atoms with van der Waals surface area (Å²) in [5, 5.41) is 8.43. The number of aliphatic imine (C=N–C) groups is 1. The van der Waals surface area contributed by atoms with E-state index in [1.807, 2.05) is 13.1 Å². The lowest BCUT2D eigenvalue weighted by Crippen LogP contribution is -2.16. The minimum Gasteiger partial charge on any atom is -0.404 e. The number of nitrogens with zero attached hydrogens (tertiary/aromatic N) is 1. The summed E-state index contributed by atoms with van der Waals surface area (Å²) in [4.78, 5) is 7.38. The number of allylic oxidation sites excluding steroid dienone is 2. The molecule has 1 aliphatic heterocycles. The van der Waals surface area contributed by atoms with Crippen LogP contribution in [-0.2, 0) is 0 Å². The third-order valence-corrected chi connectivity index (χ3v) is 5.50. The summed E-state index contributed by atoms with van der Waals surface area (Å²) in [6.45, 7) is 2.76. The molecule has 0 fully saturated rings. The predicted octanol–water partition coefficient (Wildman–Crippen LogP) is 3.96. The Labute approximate surface area is 176 Å². The van der Waals surface area contributed by atoms with E-state index >= 15 is 0 Å². The number of aromatic amines is 1. The van der Waals surface area contributed by atoms with Crippen molar-refractivity contribution in [2.75, 3.05) is 18.9 Å². The molecule has 0 amide bonds. The molecule has 1 unspecified atom stereocenters. The Kier molecular flexibility index (Phi) is 5.48. The molecule has 1 aromatic heterocycles. The Bertz CT molecular complexity index is 1150. The highest BCUT2D eigenvalue weighted by molar-refractivity contribution is 6.09. The second kappa shape index (κ2) is 8.37. The number of anilines is 1. The van der Waals surface area contributed by atoms with E-state index in [1.165, 1.54) is 10.9 Å². The van der Waals surface area contributed by atoms with Crippen molar-refractivity contribution in [1.82, 2.24) is 10.3 Å². The molecule has 7 N–H and O–H groups in total. The maximum atomic E-state index is 6.21. The van der Waals surface area contributed by atoms with E-state index < -0.39 is 0 Å². The highest BCUT2D eigenvalue weighted by Crippen LogP contribution is 2.34. The van der Waals surface area contributed by atoms with Crippen molar-refractivity contribution < 1.29 is 0 Å². The van der Waals surface area contributed by atoms with E-state index in [-0.39, 0.29) is 6.04 Å². The maximum Gasteiger partial charge on any atom is 0.0605 e. The standard InChI is InChI=1S/C24H28N6/c1-15(26)24-20-5-3-16(18(13-25)14-27-2)12-21(20)23(8-10-29-24)30-19-4-6-22-17(11-19)7-9-28-22/h3-7,9,11-14,23,28-30H,8,10,25-26H2,1-2H3/b18-13?,24-15-,27-14?. The molecule has 0 aliphatic carbocycles. The lowest BCUT2D eigenvalue weighted by Gasteiger charge is -2.22. The molecule has 6 heteroatoms. The number of nitrogens with one attached hydrogen (secondary N) is 3. The lowest BCUT2D eigenvalue weighted by atomic mass is 9.92. The van der Waals surface area contributed by atoms with Gasteiger partial charge in [0.15, 0.2) is 0 Å². The van der Waals surface area contributed by atoms with Gasteiger partial charge in [-0.1, -0.05) is 12.1 Å². The fourth-order valence-electron chi connectivity index (χ4n) is 4.05. The van der Waals surface area contributed by atoms with E-state index in [9.17, 15) is 0 Å². The normalized spacial score (nSPS) is 18.7. The van der Waals surface area contributed by atoms with Gasteiger partial charge in [-0.3, -0.25) is 4.99 Å². The van der Waals surface area contributed by atoms with Crippen molar-refractivity contribution in [3.05, 3.63) is 77.2 Å². The number of nitrogens with two attached hydrogens (primary N) is 2. The minimum absolute atomic E-state index is 0.123. The van der Waals surface area contributed by atoms with Gasteiger partial charge in [0.1, 0.15) is 0 Å². The smallest absolute Gasteiger partial charge is 0.0605 e. The van der Waals surface area contributed by atoms with Crippen molar-refractivity contribution in [1.29, 1.82) is 0 Å². The average molecular weight is 401 g/mol. The highest BCUT2D eigenvalue weighted by Gasteiger charge is 2.23.